The van der Waals surface area contributed by atoms with Gasteiger partial charge >= 0.3 is 0 Å². The molecule has 1 aliphatic heterocycles. The van der Waals surface area contributed by atoms with E-state index in [1.807, 2.05) is 4.52 Å². The van der Waals surface area contributed by atoms with Crippen molar-refractivity contribution >= 4 is 17.0 Å². The molecule has 0 saturated heterocycles. The van der Waals surface area contributed by atoms with Crippen molar-refractivity contribution in [2.24, 2.45) is 23.5 Å². The summed E-state index contributed by atoms with van der Waals surface area (Å²) in [7, 11) is 0. The number of nitrogens with one attached hydrogen (secondary N) is 2. The number of pyridine rings is 1. The van der Waals surface area contributed by atoms with Crippen LogP contribution >= 0.6 is 0 Å². The summed E-state index contributed by atoms with van der Waals surface area (Å²) in [6.45, 7) is 5.00. The van der Waals surface area contributed by atoms with Crippen molar-refractivity contribution in [3.05, 3.63) is 48.0 Å². The summed E-state index contributed by atoms with van der Waals surface area (Å²) in [4.78, 5) is 0. The first-order valence-electron chi connectivity index (χ1n) is 10.0. The molecule has 4 N–H and O–H groups in total. The fourth-order valence-electron chi connectivity index (χ4n) is 4.24. The number of hydrogen-bond donors (Lipinski definition) is 3. The van der Waals surface area contributed by atoms with E-state index in [1.165, 1.54) is 12.8 Å². The minimum absolute atomic E-state index is 0.564. The van der Waals surface area contributed by atoms with Gasteiger partial charge in [-0.1, -0.05) is 31.2 Å². The van der Waals surface area contributed by atoms with Gasteiger partial charge in [-0.2, -0.15) is 5.10 Å². The minimum Gasteiger partial charge on any atom is -0.382 e. The van der Waals surface area contributed by atoms with Crippen molar-refractivity contribution in [2.75, 3.05) is 23.7 Å². The highest BCUT2D eigenvalue weighted by atomic mass is 15.3. The fourth-order valence-corrected chi connectivity index (χ4v) is 4.24. The summed E-state index contributed by atoms with van der Waals surface area (Å²) >= 11 is 0. The van der Waals surface area contributed by atoms with Crippen LogP contribution in [0.2, 0.25) is 0 Å². The van der Waals surface area contributed by atoms with Crippen LogP contribution in [0.4, 0.5) is 11.5 Å². The molecule has 140 valence electrons. The third-order valence-corrected chi connectivity index (χ3v) is 6.31. The minimum atomic E-state index is 0.564. The Hall–Kier alpha value is -2.53. The third-order valence-electron chi connectivity index (χ3n) is 6.31. The van der Waals surface area contributed by atoms with E-state index in [-0.39, 0.29) is 0 Å². The smallest absolute Gasteiger partial charge is 0.151 e. The number of nitrogens with zero attached hydrogens (tertiary/aromatic N) is 2. The Morgan fingerprint density at radius 2 is 1.85 bits per heavy atom. The maximum Gasteiger partial charge on any atom is 0.151 e. The van der Waals surface area contributed by atoms with E-state index in [2.05, 4.69) is 60.0 Å². The Kier molecular flexibility index (Phi) is 4.05. The molecular formula is C22H27N5. The lowest BCUT2D eigenvalue weighted by Crippen LogP contribution is -2.26. The first-order valence-corrected chi connectivity index (χ1v) is 10.0. The zero-order chi connectivity index (χ0) is 18.4. The SMILES string of the molecule is CC(C1CC1)C1CNc2ccc3cc(-c4ccc(CN)cc4)nn3c2NC1. The highest BCUT2D eigenvalue weighted by molar-refractivity contribution is 5.74. The van der Waals surface area contributed by atoms with Crippen LogP contribution in [-0.4, -0.2) is 22.7 Å². The molecule has 1 aromatic carbocycles. The molecule has 1 saturated carbocycles. The summed E-state index contributed by atoms with van der Waals surface area (Å²) in [6.07, 6.45) is 2.81. The topological polar surface area (TPSA) is 67.4 Å². The van der Waals surface area contributed by atoms with E-state index in [4.69, 9.17) is 10.8 Å². The van der Waals surface area contributed by atoms with Gasteiger partial charge in [0.05, 0.1) is 16.9 Å². The van der Waals surface area contributed by atoms with Crippen molar-refractivity contribution < 1.29 is 0 Å². The molecule has 0 bridgehead atoms. The van der Waals surface area contributed by atoms with Crippen LogP contribution in [0.1, 0.15) is 25.3 Å². The van der Waals surface area contributed by atoms with Gasteiger partial charge < -0.3 is 16.4 Å². The quantitative estimate of drug-likeness (QED) is 0.658. The molecule has 0 radical (unpaired) electrons. The number of hydrogen-bond acceptors (Lipinski definition) is 4. The van der Waals surface area contributed by atoms with Gasteiger partial charge in [-0.05, 0) is 54.4 Å². The maximum absolute atomic E-state index is 5.71. The van der Waals surface area contributed by atoms with Crippen LogP contribution in [0.15, 0.2) is 42.5 Å². The summed E-state index contributed by atoms with van der Waals surface area (Å²) in [6, 6.07) is 14.8. The number of aromatic nitrogens is 2. The summed E-state index contributed by atoms with van der Waals surface area (Å²) < 4.78 is 2.04. The maximum atomic E-state index is 5.71. The molecule has 0 amide bonds. The molecule has 0 spiro atoms. The van der Waals surface area contributed by atoms with Gasteiger partial charge in [-0.15, -0.1) is 0 Å². The summed E-state index contributed by atoms with van der Waals surface area (Å²) in [5, 5.41) is 12.2. The number of nitrogens with two attached hydrogens (primary N) is 1. The second-order valence-corrected chi connectivity index (χ2v) is 8.08. The van der Waals surface area contributed by atoms with Crippen LogP contribution < -0.4 is 16.4 Å². The van der Waals surface area contributed by atoms with E-state index in [1.54, 1.807) is 0 Å². The molecule has 5 rings (SSSR count). The normalized spacial score (nSPS) is 20.4. The predicted molar refractivity (Wildman–Crippen MR) is 111 cm³/mol. The van der Waals surface area contributed by atoms with Gasteiger partial charge in [0.2, 0.25) is 0 Å². The molecule has 2 unspecified atom stereocenters. The van der Waals surface area contributed by atoms with Gasteiger partial charge in [-0.25, -0.2) is 4.52 Å². The average molecular weight is 361 g/mol. The highest BCUT2D eigenvalue weighted by Gasteiger charge is 2.34. The third kappa shape index (κ3) is 3.06. The van der Waals surface area contributed by atoms with Gasteiger partial charge in [0.1, 0.15) is 0 Å². The van der Waals surface area contributed by atoms with Gasteiger partial charge in [-0.3, -0.25) is 0 Å². The van der Waals surface area contributed by atoms with Crippen LogP contribution in [0.3, 0.4) is 0 Å². The van der Waals surface area contributed by atoms with Crippen molar-refractivity contribution in [3.63, 3.8) is 0 Å². The molecule has 2 atom stereocenters. The molecule has 5 heteroatoms. The predicted octanol–water partition coefficient (Wildman–Crippen LogP) is 3.96. The standard InChI is InChI=1S/C22H27N5/c1-14(16-6-7-16)18-12-24-20-9-8-19-10-21(26-27(19)22(20)25-13-18)17-4-2-15(11-23)3-5-17/h2-5,8-10,14,16,18,24-25H,6-7,11-13,23H2,1H3. The highest BCUT2D eigenvalue weighted by Crippen LogP contribution is 2.41. The van der Waals surface area contributed by atoms with Crippen LogP contribution in [-0.2, 0) is 6.54 Å². The Morgan fingerprint density at radius 3 is 2.59 bits per heavy atom. The largest absolute Gasteiger partial charge is 0.382 e. The number of benzene rings is 1. The first kappa shape index (κ1) is 16.6. The summed E-state index contributed by atoms with van der Waals surface area (Å²) in [5.41, 5.74) is 11.2. The molecule has 5 nitrogen and oxygen atoms in total. The Labute approximate surface area is 160 Å². The lowest BCUT2D eigenvalue weighted by atomic mass is 9.90. The van der Waals surface area contributed by atoms with E-state index in [9.17, 15) is 0 Å². The molecular weight excluding hydrogens is 334 g/mol. The lowest BCUT2D eigenvalue weighted by Gasteiger charge is -2.22. The van der Waals surface area contributed by atoms with Crippen molar-refractivity contribution in [3.8, 4) is 11.3 Å². The van der Waals surface area contributed by atoms with Crippen molar-refractivity contribution in [1.82, 2.24) is 9.61 Å². The lowest BCUT2D eigenvalue weighted by molar-refractivity contribution is 0.351. The molecule has 27 heavy (non-hydrogen) atoms. The molecule has 3 heterocycles. The second-order valence-electron chi connectivity index (χ2n) is 8.08. The molecule has 2 aromatic heterocycles. The molecule has 2 aliphatic rings. The van der Waals surface area contributed by atoms with E-state index in [0.29, 0.717) is 12.5 Å². The Bertz CT molecular complexity index is 955. The van der Waals surface area contributed by atoms with Gasteiger partial charge in [0.15, 0.2) is 5.82 Å². The van der Waals surface area contributed by atoms with Crippen LogP contribution in [0, 0.1) is 17.8 Å². The zero-order valence-electron chi connectivity index (χ0n) is 15.8. The van der Waals surface area contributed by atoms with Crippen molar-refractivity contribution in [1.29, 1.82) is 0 Å². The Morgan fingerprint density at radius 1 is 1.07 bits per heavy atom. The Balaban J connectivity index is 1.46. The van der Waals surface area contributed by atoms with E-state index < -0.39 is 0 Å². The molecule has 3 aromatic rings. The molecule has 1 fully saturated rings. The van der Waals surface area contributed by atoms with Crippen LogP contribution in [0.5, 0.6) is 0 Å². The first-order chi connectivity index (χ1) is 13.2. The van der Waals surface area contributed by atoms with Crippen LogP contribution in [0.25, 0.3) is 16.8 Å². The molecule has 1 aliphatic carbocycles. The monoisotopic (exact) mass is 361 g/mol. The number of rotatable bonds is 4. The van der Waals surface area contributed by atoms with Gasteiger partial charge in [0.25, 0.3) is 0 Å². The average Bonchev–Trinajstić information content (AvgIpc) is 3.50. The zero-order valence-corrected chi connectivity index (χ0v) is 15.8. The van der Waals surface area contributed by atoms with Crippen molar-refractivity contribution in [2.45, 2.75) is 26.3 Å². The fraction of sp³-hybridized carbons (Fsp3) is 0.409. The van der Waals surface area contributed by atoms with E-state index >= 15 is 0 Å². The van der Waals surface area contributed by atoms with E-state index in [0.717, 1.165) is 58.8 Å². The summed E-state index contributed by atoms with van der Waals surface area (Å²) in [5.74, 6) is 3.42. The number of fused-ring (bicyclic) bond motifs is 3. The van der Waals surface area contributed by atoms with Gasteiger partial charge in [0, 0.05) is 25.2 Å². The number of anilines is 2. The second kappa shape index (κ2) is 6.57.